The van der Waals surface area contributed by atoms with Crippen molar-refractivity contribution in [3.8, 4) is 33.8 Å². The molecule has 0 aliphatic rings. The summed E-state index contributed by atoms with van der Waals surface area (Å²) in [6, 6.07) is 57.8. The molecule has 0 radical (unpaired) electrons. The zero-order valence-corrected chi connectivity index (χ0v) is 39.5. The van der Waals surface area contributed by atoms with Gasteiger partial charge in [-0.05, 0) is 132 Å². The maximum absolute atomic E-state index is 11.6. The highest BCUT2D eigenvalue weighted by atomic mass is 16.5. The van der Waals surface area contributed by atoms with Crippen molar-refractivity contribution in [3.05, 3.63) is 227 Å². The number of ether oxygens (including phenoxy) is 1. The minimum atomic E-state index is -0.933. The maximum Gasteiger partial charge on any atom is 0.328 e. The van der Waals surface area contributed by atoms with Crippen LogP contribution >= 0.6 is 0 Å². The molecule has 0 amide bonds. The van der Waals surface area contributed by atoms with Gasteiger partial charge in [-0.15, -0.1) is 0 Å². The number of fused-ring (bicyclic) bond motifs is 1. The minimum Gasteiger partial charge on any atom is -0.506 e. The summed E-state index contributed by atoms with van der Waals surface area (Å²) in [5, 5.41) is 45.0. The second-order valence-electron chi connectivity index (χ2n) is 17.2. The Morgan fingerprint density at radius 3 is 1.63 bits per heavy atom. The lowest BCUT2D eigenvalue weighted by Crippen LogP contribution is -2.38. The van der Waals surface area contributed by atoms with Crippen molar-refractivity contribution in [1.29, 1.82) is 0 Å². The van der Waals surface area contributed by atoms with Crippen molar-refractivity contribution < 1.29 is 34.8 Å². The molecule has 1 heterocycles. The molecule has 0 spiro atoms. The van der Waals surface area contributed by atoms with E-state index in [-0.39, 0.29) is 16.8 Å². The van der Waals surface area contributed by atoms with Crippen LogP contribution in [-0.4, -0.2) is 62.6 Å². The van der Waals surface area contributed by atoms with Gasteiger partial charge in [-0.3, -0.25) is 4.79 Å². The molecule has 0 bridgehead atoms. The Hall–Kier alpha value is -8.55. The molecule has 0 aliphatic heterocycles. The lowest BCUT2D eigenvalue weighted by Gasteiger charge is -2.19. The number of aromatic hydroxyl groups is 1. The number of rotatable bonds is 17. The van der Waals surface area contributed by atoms with E-state index in [0.717, 1.165) is 69.1 Å². The number of carboxylic acid groups (broad SMARTS) is 2. The standard InChI is InChI=1S/C29H34N4O4.2C15H12O2/c1-29(2,30)18-37-22-9-7-21(8-10-22)32-20-5-3-19(4-6-20)15-16-31-17-26(35)23-11-13-25(34)28-24(23)12-14-27(36)33-28;2*16-15(17)11-8-12-6-9-14(10-7-12)13-4-2-1-3-5-13/h3-14,26,31-32,34-35H,15-18,30H2,1-2H3,(H,33,36);2*1-11H,(H,16,17)/t26-;;/m0../s1. The fourth-order valence-corrected chi connectivity index (χ4v) is 7.13. The zero-order chi connectivity index (χ0) is 50.6. The van der Waals surface area contributed by atoms with E-state index < -0.39 is 18.0 Å². The van der Waals surface area contributed by atoms with Crippen molar-refractivity contribution in [1.82, 2.24) is 10.3 Å². The minimum absolute atomic E-state index is 0.0211. The molecule has 12 heteroatoms. The Balaban J connectivity index is 0.000000200. The first-order valence-corrected chi connectivity index (χ1v) is 22.9. The Kier molecular flexibility index (Phi) is 18.8. The third kappa shape index (κ3) is 17.2. The number of carboxylic acids is 2. The molecule has 1 aromatic heterocycles. The number of hydrogen-bond acceptors (Lipinski definition) is 9. The molecular formula is C59H58N4O8. The quantitative estimate of drug-likeness (QED) is 0.0318. The molecule has 0 saturated heterocycles. The summed E-state index contributed by atoms with van der Waals surface area (Å²) in [4.78, 5) is 35.0. The number of aromatic nitrogens is 1. The van der Waals surface area contributed by atoms with Gasteiger partial charge in [0, 0.05) is 47.1 Å². The molecule has 7 aromatic carbocycles. The van der Waals surface area contributed by atoms with Crippen molar-refractivity contribution in [2.45, 2.75) is 31.9 Å². The Morgan fingerprint density at radius 1 is 0.648 bits per heavy atom. The number of benzene rings is 7. The molecular weight excluding hydrogens is 893 g/mol. The number of anilines is 2. The van der Waals surface area contributed by atoms with Gasteiger partial charge in [0.15, 0.2) is 0 Å². The Morgan fingerprint density at radius 2 is 1.14 bits per heavy atom. The summed E-state index contributed by atoms with van der Waals surface area (Å²) in [5.41, 5.74) is 15.7. The van der Waals surface area contributed by atoms with Crippen LogP contribution in [0.15, 0.2) is 199 Å². The van der Waals surface area contributed by atoms with E-state index in [4.69, 9.17) is 20.7 Å². The smallest absolute Gasteiger partial charge is 0.328 e. The van der Waals surface area contributed by atoms with E-state index in [0.29, 0.717) is 36.2 Å². The van der Waals surface area contributed by atoms with Gasteiger partial charge < -0.3 is 46.5 Å². The number of phenols is 1. The lowest BCUT2D eigenvalue weighted by atomic mass is 10.0. The summed E-state index contributed by atoms with van der Waals surface area (Å²) >= 11 is 0. The van der Waals surface area contributed by atoms with Gasteiger partial charge in [0.1, 0.15) is 18.1 Å². The molecule has 0 saturated carbocycles. The van der Waals surface area contributed by atoms with Gasteiger partial charge in [-0.2, -0.15) is 0 Å². The number of aromatic amines is 1. The molecule has 1 atom stereocenters. The molecule has 0 aliphatic carbocycles. The number of aliphatic carboxylic acids is 2. The van der Waals surface area contributed by atoms with E-state index in [1.165, 1.54) is 17.7 Å². The van der Waals surface area contributed by atoms with Crippen LogP contribution in [-0.2, 0) is 16.0 Å². The third-order valence-electron chi connectivity index (χ3n) is 10.8. The summed E-state index contributed by atoms with van der Waals surface area (Å²) in [6.07, 6.45) is 5.46. The van der Waals surface area contributed by atoms with Crippen molar-refractivity contribution in [2.24, 2.45) is 5.73 Å². The van der Waals surface area contributed by atoms with E-state index >= 15 is 0 Å². The average Bonchev–Trinajstić information content (AvgIpc) is 3.38. The topological polar surface area (TPSA) is 207 Å². The third-order valence-corrected chi connectivity index (χ3v) is 10.8. The van der Waals surface area contributed by atoms with Gasteiger partial charge in [0.2, 0.25) is 5.56 Å². The first-order chi connectivity index (χ1) is 34.2. The highest BCUT2D eigenvalue weighted by Crippen LogP contribution is 2.29. The second kappa shape index (κ2) is 25.7. The molecule has 362 valence electrons. The number of aliphatic hydroxyl groups is 1. The van der Waals surface area contributed by atoms with E-state index in [2.05, 4.69) is 27.8 Å². The molecule has 12 nitrogen and oxygen atoms in total. The van der Waals surface area contributed by atoms with E-state index in [1.54, 1.807) is 24.3 Å². The Bertz CT molecular complexity index is 2950. The molecule has 9 N–H and O–H groups in total. The monoisotopic (exact) mass is 950 g/mol. The van der Waals surface area contributed by atoms with Crippen LogP contribution in [0, 0.1) is 0 Å². The van der Waals surface area contributed by atoms with Crippen LogP contribution in [0.3, 0.4) is 0 Å². The fraction of sp³-hybridized carbons (Fsp3) is 0.136. The molecule has 0 unspecified atom stereocenters. The van der Waals surface area contributed by atoms with Crippen molar-refractivity contribution >= 4 is 46.4 Å². The van der Waals surface area contributed by atoms with Crippen LogP contribution < -0.4 is 26.7 Å². The number of phenolic OH excluding ortho intramolecular Hbond substituents is 1. The van der Waals surface area contributed by atoms with Crippen LogP contribution in [0.1, 0.15) is 42.2 Å². The number of carbonyl (C=O) groups is 2. The van der Waals surface area contributed by atoms with Crippen molar-refractivity contribution in [2.75, 3.05) is 25.0 Å². The van der Waals surface area contributed by atoms with Gasteiger partial charge in [-0.1, -0.05) is 127 Å². The fourth-order valence-electron chi connectivity index (χ4n) is 7.13. The number of aliphatic hydroxyl groups excluding tert-OH is 1. The van der Waals surface area contributed by atoms with Crippen LogP contribution in [0.2, 0.25) is 0 Å². The van der Waals surface area contributed by atoms with Crippen LogP contribution in [0.5, 0.6) is 11.5 Å². The number of hydrogen-bond donors (Lipinski definition) is 8. The summed E-state index contributed by atoms with van der Waals surface area (Å²) in [5.74, 6) is -1.10. The predicted molar refractivity (Wildman–Crippen MR) is 285 cm³/mol. The number of nitrogens with two attached hydrogens (primary N) is 1. The zero-order valence-electron chi connectivity index (χ0n) is 39.5. The van der Waals surface area contributed by atoms with Crippen LogP contribution in [0.4, 0.5) is 11.4 Å². The molecule has 8 aromatic rings. The summed E-state index contributed by atoms with van der Waals surface area (Å²) < 4.78 is 5.71. The predicted octanol–water partition coefficient (Wildman–Crippen LogP) is 10.9. The van der Waals surface area contributed by atoms with Crippen LogP contribution in [0.25, 0.3) is 45.3 Å². The second-order valence-corrected chi connectivity index (χ2v) is 17.2. The highest BCUT2D eigenvalue weighted by Gasteiger charge is 2.14. The summed E-state index contributed by atoms with van der Waals surface area (Å²) in [6.45, 7) is 5.34. The maximum atomic E-state index is 11.6. The SMILES string of the molecule is CC(C)(N)COc1ccc(Nc2ccc(CCNC[C@H](O)c3ccc(O)c4[nH]c(=O)ccc34)cc2)cc1.O=C(O)C=Cc1ccc(-c2ccccc2)cc1.O=C(O)C=Cc1ccc(-c2ccccc2)cc1. The van der Waals surface area contributed by atoms with E-state index in [9.17, 15) is 24.6 Å². The number of pyridine rings is 1. The lowest BCUT2D eigenvalue weighted by molar-refractivity contribution is -0.132. The number of H-pyrrole nitrogens is 1. The normalized spacial score (nSPS) is 11.5. The van der Waals surface area contributed by atoms with Gasteiger partial charge in [0.25, 0.3) is 0 Å². The average molecular weight is 951 g/mol. The first-order valence-electron chi connectivity index (χ1n) is 22.9. The summed E-state index contributed by atoms with van der Waals surface area (Å²) in [7, 11) is 0. The van der Waals surface area contributed by atoms with Gasteiger partial charge in [0.05, 0.1) is 11.6 Å². The largest absolute Gasteiger partial charge is 0.506 e. The number of nitrogens with one attached hydrogen (secondary N) is 3. The Labute approximate surface area is 413 Å². The molecule has 0 fully saturated rings. The van der Waals surface area contributed by atoms with E-state index in [1.807, 2.05) is 159 Å². The molecule has 71 heavy (non-hydrogen) atoms. The highest BCUT2D eigenvalue weighted by molar-refractivity contribution is 5.88. The molecule has 8 rings (SSSR count). The van der Waals surface area contributed by atoms with Crippen molar-refractivity contribution in [3.63, 3.8) is 0 Å². The van der Waals surface area contributed by atoms with Gasteiger partial charge in [-0.25, -0.2) is 9.59 Å². The first kappa shape index (κ1) is 51.8. The van der Waals surface area contributed by atoms with Gasteiger partial charge >= 0.3 is 11.9 Å².